The van der Waals surface area contributed by atoms with E-state index in [1.807, 2.05) is 6.07 Å². The van der Waals surface area contributed by atoms with E-state index < -0.39 is 0 Å². The Bertz CT molecular complexity index is 2640. The quantitative estimate of drug-likeness (QED) is 0.141. The molecule has 0 unspecified atom stereocenters. The van der Waals surface area contributed by atoms with Crippen LogP contribution in [0.1, 0.15) is 5.56 Å². The number of nitrogens with one attached hydrogen (secondary N) is 1. The van der Waals surface area contributed by atoms with Crippen molar-refractivity contribution in [3.05, 3.63) is 157 Å². The molecule has 4 nitrogen and oxygen atoms in total. The number of fused-ring (bicyclic) bond motifs is 6. The normalized spacial score (nSPS) is 11.5. The molecule has 0 saturated heterocycles. The molecule has 7 aromatic carbocycles. The van der Waals surface area contributed by atoms with E-state index in [-0.39, 0.29) is 0 Å². The second-order valence-electron chi connectivity index (χ2n) is 12.1. The molecule has 2 heterocycles. The molecule has 9 aromatic rings. The van der Waals surface area contributed by atoms with E-state index in [1.165, 1.54) is 21.4 Å². The van der Waals surface area contributed by atoms with Crippen LogP contribution in [0.3, 0.4) is 0 Å². The van der Waals surface area contributed by atoms with Gasteiger partial charge >= 0.3 is 0 Å². The number of aryl methyl sites for hydroxylation is 1. The van der Waals surface area contributed by atoms with Crippen LogP contribution in [0, 0.1) is 6.92 Å². The fourth-order valence-electron chi connectivity index (χ4n) is 7.05. The zero-order chi connectivity index (χ0) is 32.2. The van der Waals surface area contributed by atoms with E-state index in [0.29, 0.717) is 11.4 Å². The molecule has 0 aliphatic rings. The molecule has 9 rings (SSSR count). The highest BCUT2D eigenvalue weighted by molar-refractivity contribution is 7.26. The molecule has 0 atom stereocenters. The summed E-state index contributed by atoms with van der Waals surface area (Å²) in [6.45, 7) is 2.15. The third-order valence-electron chi connectivity index (χ3n) is 9.27. The first-order chi connectivity index (χ1) is 23.7. The zero-order valence-electron chi connectivity index (χ0n) is 26.3. The Morgan fingerprint density at radius 3 is 2.12 bits per heavy atom. The van der Waals surface area contributed by atoms with Crippen molar-refractivity contribution in [3.8, 4) is 33.7 Å². The fraction of sp³-hybridized carbons (Fsp3) is 0.0233. The lowest BCUT2D eigenvalue weighted by Crippen LogP contribution is -2.09. The van der Waals surface area contributed by atoms with Crippen LogP contribution >= 0.6 is 11.3 Å². The minimum Gasteiger partial charge on any atom is -0.396 e. The van der Waals surface area contributed by atoms with Crippen molar-refractivity contribution >= 4 is 64.7 Å². The predicted molar refractivity (Wildman–Crippen MR) is 204 cm³/mol. The van der Waals surface area contributed by atoms with Crippen molar-refractivity contribution < 1.29 is 4.84 Å². The second kappa shape index (κ2) is 11.3. The fourth-order valence-corrected chi connectivity index (χ4v) is 8.29. The molecule has 5 heteroatoms. The third-order valence-corrected chi connectivity index (χ3v) is 10.5. The van der Waals surface area contributed by atoms with E-state index in [0.717, 1.165) is 59.8 Å². The number of hydrogen-bond acceptors (Lipinski definition) is 4. The Morgan fingerprint density at radius 2 is 1.29 bits per heavy atom. The number of benzene rings is 7. The second-order valence-corrected chi connectivity index (χ2v) is 13.1. The molecule has 0 radical (unpaired) electrons. The van der Waals surface area contributed by atoms with E-state index in [4.69, 9.17) is 10.6 Å². The number of nitrogens with two attached hydrogens (primary N) is 1. The highest BCUT2D eigenvalue weighted by atomic mass is 32.1. The summed E-state index contributed by atoms with van der Waals surface area (Å²) in [6.07, 6.45) is 0. The average Bonchev–Trinajstić information content (AvgIpc) is 3.68. The van der Waals surface area contributed by atoms with Crippen LogP contribution in [-0.2, 0) is 0 Å². The summed E-state index contributed by atoms with van der Waals surface area (Å²) >= 11 is 1.77. The summed E-state index contributed by atoms with van der Waals surface area (Å²) in [6, 6.07) is 53.0. The lowest BCUT2D eigenvalue weighted by molar-refractivity contribution is 0.413. The highest BCUT2D eigenvalue weighted by Gasteiger charge is 2.22. The first-order valence-electron chi connectivity index (χ1n) is 16.1. The molecule has 230 valence electrons. The summed E-state index contributed by atoms with van der Waals surface area (Å²) in [5.41, 5.74) is 20.8. The summed E-state index contributed by atoms with van der Waals surface area (Å²) in [5.74, 6) is 0.628. The molecule has 0 saturated carbocycles. The number of aromatic nitrogens is 1. The number of anilines is 2. The number of nitrogen functional groups attached to an aromatic ring is 1. The minimum atomic E-state index is 0.580. The van der Waals surface area contributed by atoms with E-state index in [9.17, 15) is 0 Å². The highest BCUT2D eigenvalue weighted by Crippen LogP contribution is 2.47. The lowest BCUT2D eigenvalue weighted by Gasteiger charge is -2.18. The van der Waals surface area contributed by atoms with Crippen molar-refractivity contribution in [2.24, 2.45) is 0 Å². The largest absolute Gasteiger partial charge is 0.396 e. The third kappa shape index (κ3) is 4.43. The Kier molecular flexibility index (Phi) is 6.66. The SMILES string of the molecule is Cc1ccccc1-c1ccc2c(c1NOc1c(N)ccc3sc4c(-c5ccccc5)cccc4c13)c1ccccc1n2-c1ccccc1. The smallest absolute Gasteiger partial charge is 0.187 e. The van der Waals surface area contributed by atoms with Gasteiger partial charge in [0.1, 0.15) is 0 Å². The van der Waals surface area contributed by atoms with Crippen molar-refractivity contribution in [3.63, 3.8) is 0 Å². The Hall–Kier alpha value is -6.04. The van der Waals surface area contributed by atoms with Gasteiger partial charge in [0, 0.05) is 42.2 Å². The molecule has 48 heavy (non-hydrogen) atoms. The first-order valence-corrected chi connectivity index (χ1v) is 16.9. The van der Waals surface area contributed by atoms with Crippen LogP contribution in [0.15, 0.2) is 152 Å². The van der Waals surface area contributed by atoms with Gasteiger partial charge in [-0.05, 0) is 65.6 Å². The van der Waals surface area contributed by atoms with E-state index in [2.05, 4.69) is 163 Å². The number of nitrogens with zero attached hydrogens (tertiary/aromatic N) is 1. The average molecular weight is 638 g/mol. The van der Waals surface area contributed by atoms with Gasteiger partial charge in [-0.3, -0.25) is 0 Å². The summed E-state index contributed by atoms with van der Waals surface area (Å²) in [7, 11) is 0. The molecule has 2 aromatic heterocycles. The standard InChI is InChI=1S/C43H31N3OS/c1-27-13-8-9-18-30(27)32-23-25-37-39(33-19-10-11-22-36(33)46(37)29-16-6-3-7-17-29)41(32)45-47-42-35(44)24-26-38-40(42)34-21-12-20-31(43(34)48-38)28-14-4-2-5-15-28/h2-26,45H,44H2,1H3. The predicted octanol–water partition coefficient (Wildman–Crippen LogP) is 11.8. The topological polar surface area (TPSA) is 52.2 Å². The number of para-hydroxylation sites is 2. The Labute approximate surface area is 282 Å². The number of hydrogen-bond donors (Lipinski definition) is 2. The molecule has 3 N–H and O–H groups in total. The molecular formula is C43H31N3OS. The van der Waals surface area contributed by atoms with Gasteiger partial charge in [0.15, 0.2) is 5.75 Å². The van der Waals surface area contributed by atoms with Gasteiger partial charge in [0.05, 0.1) is 22.4 Å². The van der Waals surface area contributed by atoms with Gasteiger partial charge < -0.3 is 15.1 Å². The number of thiophene rings is 1. The lowest BCUT2D eigenvalue weighted by atomic mass is 9.96. The zero-order valence-corrected chi connectivity index (χ0v) is 27.1. The van der Waals surface area contributed by atoms with Crippen LogP contribution in [0.5, 0.6) is 5.75 Å². The molecule has 0 fully saturated rings. The van der Waals surface area contributed by atoms with Gasteiger partial charge in [-0.1, -0.05) is 115 Å². The van der Waals surface area contributed by atoms with Crippen LogP contribution in [0.4, 0.5) is 11.4 Å². The van der Waals surface area contributed by atoms with Crippen molar-refractivity contribution in [2.75, 3.05) is 11.2 Å². The summed E-state index contributed by atoms with van der Waals surface area (Å²) in [4.78, 5) is 6.74. The van der Waals surface area contributed by atoms with Crippen LogP contribution < -0.4 is 16.1 Å². The molecule has 0 aliphatic heterocycles. The monoisotopic (exact) mass is 637 g/mol. The number of rotatable bonds is 6. The van der Waals surface area contributed by atoms with Gasteiger partial charge in [0.25, 0.3) is 0 Å². The van der Waals surface area contributed by atoms with Gasteiger partial charge in [0.2, 0.25) is 0 Å². The van der Waals surface area contributed by atoms with Crippen LogP contribution in [0.25, 0.3) is 69.9 Å². The van der Waals surface area contributed by atoms with Crippen molar-refractivity contribution in [1.82, 2.24) is 4.57 Å². The maximum atomic E-state index is 6.74. The molecule has 0 spiro atoms. The van der Waals surface area contributed by atoms with Gasteiger partial charge in [-0.15, -0.1) is 11.3 Å². The van der Waals surface area contributed by atoms with Crippen LogP contribution in [-0.4, -0.2) is 4.57 Å². The minimum absolute atomic E-state index is 0.580. The van der Waals surface area contributed by atoms with E-state index in [1.54, 1.807) is 11.3 Å². The van der Waals surface area contributed by atoms with Crippen molar-refractivity contribution in [1.29, 1.82) is 0 Å². The van der Waals surface area contributed by atoms with Gasteiger partial charge in [-0.2, -0.15) is 0 Å². The van der Waals surface area contributed by atoms with Crippen LogP contribution in [0.2, 0.25) is 0 Å². The maximum absolute atomic E-state index is 6.74. The summed E-state index contributed by atoms with van der Waals surface area (Å²) in [5, 5.41) is 4.36. The van der Waals surface area contributed by atoms with Gasteiger partial charge in [-0.25, -0.2) is 5.48 Å². The van der Waals surface area contributed by atoms with E-state index >= 15 is 0 Å². The first kappa shape index (κ1) is 28.2. The maximum Gasteiger partial charge on any atom is 0.187 e. The molecule has 0 aliphatic carbocycles. The Morgan fingerprint density at radius 1 is 0.583 bits per heavy atom. The molecule has 0 bridgehead atoms. The van der Waals surface area contributed by atoms with Crippen molar-refractivity contribution in [2.45, 2.75) is 6.92 Å². The summed E-state index contributed by atoms with van der Waals surface area (Å²) < 4.78 is 4.66. The molecular weight excluding hydrogens is 607 g/mol. The Balaban J connectivity index is 1.27. The molecule has 0 amide bonds.